The van der Waals surface area contributed by atoms with Crippen LogP contribution in [0.3, 0.4) is 0 Å². The summed E-state index contributed by atoms with van der Waals surface area (Å²) in [6.07, 6.45) is 5.15. The van der Waals surface area contributed by atoms with Gasteiger partial charge in [0.2, 0.25) is 0 Å². The van der Waals surface area contributed by atoms with Crippen molar-refractivity contribution in [2.24, 2.45) is 11.7 Å². The van der Waals surface area contributed by atoms with Gasteiger partial charge in [0.25, 0.3) is 0 Å². The third kappa shape index (κ3) is 3.55. The van der Waals surface area contributed by atoms with Gasteiger partial charge in [0, 0.05) is 12.1 Å². The van der Waals surface area contributed by atoms with Crippen molar-refractivity contribution < 1.29 is 0 Å². The summed E-state index contributed by atoms with van der Waals surface area (Å²) < 4.78 is 0. The lowest BCUT2D eigenvalue weighted by molar-refractivity contribution is 0.304. The molecular formula is C10H22N2. The predicted molar refractivity (Wildman–Crippen MR) is 53.1 cm³/mol. The Hall–Kier alpha value is -0.0800. The fourth-order valence-electron chi connectivity index (χ4n) is 1.92. The van der Waals surface area contributed by atoms with Crippen molar-refractivity contribution in [1.29, 1.82) is 0 Å². The number of hydrogen-bond donors (Lipinski definition) is 2. The fourth-order valence-corrected chi connectivity index (χ4v) is 1.92. The third-order valence-corrected chi connectivity index (χ3v) is 2.64. The summed E-state index contributed by atoms with van der Waals surface area (Å²) in [5, 5.41) is 3.48. The Morgan fingerprint density at radius 3 is 2.75 bits per heavy atom. The van der Waals surface area contributed by atoms with Gasteiger partial charge in [-0.05, 0) is 31.7 Å². The Bertz CT molecular complexity index is 123. The average molecular weight is 170 g/mol. The van der Waals surface area contributed by atoms with Crippen LogP contribution in [0.4, 0.5) is 0 Å². The zero-order chi connectivity index (χ0) is 8.97. The summed E-state index contributed by atoms with van der Waals surface area (Å²) >= 11 is 0. The highest BCUT2D eigenvalue weighted by molar-refractivity contribution is 4.76. The molecule has 0 spiro atoms. The van der Waals surface area contributed by atoms with Gasteiger partial charge in [-0.1, -0.05) is 20.3 Å². The van der Waals surface area contributed by atoms with Crippen molar-refractivity contribution in [2.75, 3.05) is 6.54 Å². The highest BCUT2D eigenvalue weighted by Crippen LogP contribution is 2.22. The van der Waals surface area contributed by atoms with Gasteiger partial charge in [-0.15, -0.1) is 0 Å². The number of nitrogens with two attached hydrogens (primary N) is 1. The average Bonchev–Trinajstić information content (AvgIpc) is 2.01. The molecule has 0 aromatic carbocycles. The van der Waals surface area contributed by atoms with Crippen LogP contribution in [-0.4, -0.2) is 18.6 Å². The molecular weight excluding hydrogens is 148 g/mol. The molecule has 0 aromatic rings. The van der Waals surface area contributed by atoms with E-state index in [9.17, 15) is 0 Å². The molecule has 1 saturated carbocycles. The maximum absolute atomic E-state index is 5.90. The summed E-state index contributed by atoms with van der Waals surface area (Å²) in [6.45, 7) is 5.55. The topological polar surface area (TPSA) is 38.0 Å². The van der Waals surface area contributed by atoms with Crippen LogP contribution in [-0.2, 0) is 0 Å². The van der Waals surface area contributed by atoms with Crippen LogP contribution in [0.2, 0.25) is 0 Å². The first-order chi connectivity index (χ1) is 5.68. The lowest BCUT2D eigenvalue weighted by Crippen LogP contribution is -2.35. The molecule has 1 rings (SSSR count). The van der Waals surface area contributed by atoms with Gasteiger partial charge in [-0.2, -0.15) is 0 Å². The second-order valence-electron chi connectivity index (χ2n) is 4.36. The monoisotopic (exact) mass is 170 g/mol. The van der Waals surface area contributed by atoms with Crippen molar-refractivity contribution in [1.82, 2.24) is 5.32 Å². The summed E-state index contributed by atoms with van der Waals surface area (Å²) in [5.41, 5.74) is 5.90. The van der Waals surface area contributed by atoms with Gasteiger partial charge >= 0.3 is 0 Å². The van der Waals surface area contributed by atoms with Crippen LogP contribution >= 0.6 is 0 Å². The van der Waals surface area contributed by atoms with Crippen molar-refractivity contribution in [3.05, 3.63) is 0 Å². The van der Waals surface area contributed by atoms with Crippen LogP contribution in [0, 0.1) is 5.92 Å². The zero-order valence-electron chi connectivity index (χ0n) is 8.34. The quantitative estimate of drug-likeness (QED) is 0.673. The largest absolute Gasteiger partial charge is 0.328 e. The molecule has 0 aliphatic heterocycles. The molecule has 0 aromatic heterocycles. The smallest absolute Gasteiger partial charge is 0.00419 e. The molecule has 12 heavy (non-hydrogen) atoms. The standard InChI is InChI=1S/C10H22N2/c1-8(2)12-7-9-4-3-5-10(11)6-9/h8-10,12H,3-7,11H2,1-2H3. The molecule has 2 heteroatoms. The van der Waals surface area contributed by atoms with Gasteiger partial charge in [-0.25, -0.2) is 0 Å². The van der Waals surface area contributed by atoms with Crippen molar-refractivity contribution >= 4 is 0 Å². The Labute approximate surface area is 75.9 Å². The second kappa shape index (κ2) is 4.83. The SMILES string of the molecule is CC(C)NCC1CCCC(N)C1. The minimum atomic E-state index is 0.470. The molecule has 0 saturated heterocycles. The first-order valence-corrected chi connectivity index (χ1v) is 5.17. The maximum atomic E-state index is 5.90. The molecule has 2 atom stereocenters. The molecule has 72 valence electrons. The number of hydrogen-bond acceptors (Lipinski definition) is 2. The first kappa shape index (κ1) is 10.0. The van der Waals surface area contributed by atoms with Crippen LogP contribution in [0.5, 0.6) is 0 Å². The van der Waals surface area contributed by atoms with Gasteiger partial charge < -0.3 is 11.1 Å². The summed E-state index contributed by atoms with van der Waals surface area (Å²) in [6, 6.07) is 1.08. The van der Waals surface area contributed by atoms with E-state index in [1.165, 1.54) is 25.7 Å². The highest BCUT2D eigenvalue weighted by Gasteiger charge is 2.18. The van der Waals surface area contributed by atoms with Crippen molar-refractivity contribution in [3.8, 4) is 0 Å². The highest BCUT2D eigenvalue weighted by atomic mass is 14.9. The Balaban J connectivity index is 2.14. The van der Waals surface area contributed by atoms with Gasteiger partial charge in [0.05, 0.1) is 0 Å². The van der Waals surface area contributed by atoms with Crippen LogP contribution in [0.1, 0.15) is 39.5 Å². The molecule has 0 bridgehead atoms. The normalized spacial score (nSPS) is 31.0. The molecule has 2 unspecified atom stereocenters. The van der Waals surface area contributed by atoms with E-state index in [1.807, 2.05) is 0 Å². The molecule has 3 N–H and O–H groups in total. The van der Waals surface area contributed by atoms with Crippen LogP contribution in [0.25, 0.3) is 0 Å². The Kier molecular flexibility index (Phi) is 4.02. The first-order valence-electron chi connectivity index (χ1n) is 5.17. The third-order valence-electron chi connectivity index (χ3n) is 2.64. The number of rotatable bonds is 3. The Morgan fingerprint density at radius 1 is 1.42 bits per heavy atom. The molecule has 0 radical (unpaired) electrons. The summed E-state index contributed by atoms with van der Waals surface area (Å²) in [7, 11) is 0. The van der Waals surface area contributed by atoms with Crippen LogP contribution < -0.4 is 11.1 Å². The number of nitrogens with one attached hydrogen (secondary N) is 1. The molecule has 1 fully saturated rings. The maximum Gasteiger partial charge on any atom is 0.00419 e. The van der Waals surface area contributed by atoms with E-state index < -0.39 is 0 Å². The summed E-state index contributed by atoms with van der Waals surface area (Å²) in [5.74, 6) is 0.830. The van der Waals surface area contributed by atoms with Gasteiger partial charge in [0.1, 0.15) is 0 Å². The van der Waals surface area contributed by atoms with E-state index in [-0.39, 0.29) is 0 Å². The predicted octanol–water partition coefficient (Wildman–Crippen LogP) is 1.50. The van der Waals surface area contributed by atoms with E-state index in [1.54, 1.807) is 0 Å². The lowest BCUT2D eigenvalue weighted by atomic mass is 9.86. The minimum absolute atomic E-state index is 0.470. The van der Waals surface area contributed by atoms with E-state index in [4.69, 9.17) is 5.73 Å². The minimum Gasteiger partial charge on any atom is -0.328 e. The van der Waals surface area contributed by atoms with Crippen LogP contribution in [0.15, 0.2) is 0 Å². The molecule has 2 nitrogen and oxygen atoms in total. The Morgan fingerprint density at radius 2 is 2.17 bits per heavy atom. The zero-order valence-corrected chi connectivity index (χ0v) is 8.34. The molecule has 1 aliphatic rings. The van der Waals surface area contributed by atoms with Crippen molar-refractivity contribution in [2.45, 2.75) is 51.6 Å². The van der Waals surface area contributed by atoms with E-state index in [0.717, 1.165) is 12.5 Å². The molecule has 0 heterocycles. The van der Waals surface area contributed by atoms with Gasteiger partial charge in [-0.3, -0.25) is 0 Å². The van der Waals surface area contributed by atoms with Crippen molar-refractivity contribution in [3.63, 3.8) is 0 Å². The second-order valence-corrected chi connectivity index (χ2v) is 4.36. The van der Waals surface area contributed by atoms with E-state index in [0.29, 0.717) is 12.1 Å². The summed E-state index contributed by atoms with van der Waals surface area (Å²) in [4.78, 5) is 0. The lowest BCUT2D eigenvalue weighted by Gasteiger charge is -2.27. The molecule has 1 aliphatic carbocycles. The van der Waals surface area contributed by atoms with E-state index in [2.05, 4.69) is 19.2 Å². The van der Waals surface area contributed by atoms with E-state index >= 15 is 0 Å². The fraction of sp³-hybridized carbons (Fsp3) is 1.00. The van der Waals surface area contributed by atoms with Gasteiger partial charge in [0.15, 0.2) is 0 Å². The molecule has 0 amide bonds.